The van der Waals surface area contributed by atoms with Gasteiger partial charge in [0.15, 0.2) is 0 Å². The Balaban J connectivity index is 2.88. The van der Waals surface area contributed by atoms with Crippen molar-refractivity contribution in [1.29, 1.82) is 0 Å². The van der Waals surface area contributed by atoms with E-state index in [0.29, 0.717) is 0 Å². The van der Waals surface area contributed by atoms with Crippen molar-refractivity contribution < 1.29 is 0 Å². The molecule has 9 heavy (non-hydrogen) atoms. The third-order valence-electron chi connectivity index (χ3n) is 1.01. The molecule has 1 aromatic carbocycles. The molecule has 0 aliphatic rings. The van der Waals surface area contributed by atoms with Crippen molar-refractivity contribution in [2.45, 2.75) is 0 Å². The van der Waals surface area contributed by atoms with E-state index >= 15 is 0 Å². The monoisotopic (exact) mass is 234 g/mol. The highest BCUT2D eigenvalue weighted by Crippen LogP contribution is 2.08. The van der Waals surface area contributed by atoms with E-state index in [2.05, 4.69) is 28.0 Å². The van der Waals surface area contributed by atoms with E-state index in [1.165, 1.54) is 3.57 Å². The van der Waals surface area contributed by atoms with Gasteiger partial charge in [-0.3, -0.25) is 5.84 Å². The van der Waals surface area contributed by atoms with Crippen LogP contribution in [0.1, 0.15) is 0 Å². The van der Waals surface area contributed by atoms with Crippen LogP contribution in [0.3, 0.4) is 0 Å². The molecule has 0 bridgehead atoms. The zero-order valence-corrected chi connectivity index (χ0v) is 6.92. The maximum Gasteiger partial charge on any atom is 0.0485 e. The number of nitrogens with two attached hydrogens (primary N) is 1. The van der Waals surface area contributed by atoms with E-state index in [9.17, 15) is 0 Å². The molecule has 2 nitrogen and oxygen atoms in total. The molecule has 48 valence electrons. The summed E-state index contributed by atoms with van der Waals surface area (Å²) in [7, 11) is 0. The van der Waals surface area contributed by atoms with Crippen molar-refractivity contribution >= 4 is 28.3 Å². The van der Waals surface area contributed by atoms with Crippen LogP contribution in [0.25, 0.3) is 0 Å². The van der Waals surface area contributed by atoms with Gasteiger partial charge in [0.2, 0.25) is 0 Å². The summed E-state index contributed by atoms with van der Waals surface area (Å²) >= 11 is 2.24. The van der Waals surface area contributed by atoms with Gasteiger partial charge in [0, 0.05) is 9.26 Å². The lowest BCUT2D eigenvalue weighted by Crippen LogP contribution is -2.05. The lowest BCUT2D eigenvalue weighted by Gasteiger charge is -1.96. The molecule has 0 amide bonds. The predicted molar refractivity (Wildman–Crippen MR) is 47.0 cm³/mol. The molecule has 0 aliphatic carbocycles. The van der Waals surface area contributed by atoms with Gasteiger partial charge in [0.1, 0.15) is 0 Å². The second-order valence-corrected chi connectivity index (χ2v) is 2.90. The summed E-state index contributed by atoms with van der Waals surface area (Å²) < 4.78 is 1.21. The standard InChI is InChI=1S/C6H7IN2/c7-5-1-3-6(9-8)4-2-5/h1-4,9H,8H2. The van der Waals surface area contributed by atoms with E-state index in [0.717, 1.165) is 5.69 Å². The second-order valence-electron chi connectivity index (χ2n) is 1.65. The van der Waals surface area contributed by atoms with Gasteiger partial charge in [-0.15, -0.1) is 0 Å². The largest absolute Gasteiger partial charge is 0.324 e. The summed E-state index contributed by atoms with van der Waals surface area (Å²) in [6.45, 7) is 0. The Morgan fingerprint density at radius 2 is 1.78 bits per heavy atom. The Labute approximate surface area is 67.6 Å². The van der Waals surface area contributed by atoms with Crippen LogP contribution < -0.4 is 11.3 Å². The molecule has 0 heterocycles. The Morgan fingerprint density at radius 1 is 1.22 bits per heavy atom. The van der Waals surface area contributed by atoms with Crippen LogP contribution in [0.4, 0.5) is 5.69 Å². The lowest BCUT2D eigenvalue weighted by molar-refractivity contribution is 1.35. The zero-order valence-electron chi connectivity index (χ0n) is 4.76. The van der Waals surface area contributed by atoms with Gasteiger partial charge >= 0.3 is 0 Å². The first kappa shape index (κ1) is 6.82. The van der Waals surface area contributed by atoms with E-state index in [1.54, 1.807) is 0 Å². The molecule has 3 N–H and O–H groups in total. The van der Waals surface area contributed by atoms with Crippen LogP contribution in [-0.4, -0.2) is 0 Å². The third-order valence-corrected chi connectivity index (χ3v) is 1.73. The number of nitrogen functional groups attached to an aromatic ring is 1. The lowest BCUT2D eigenvalue weighted by atomic mass is 10.3. The van der Waals surface area contributed by atoms with E-state index in [4.69, 9.17) is 5.84 Å². The summed E-state index contributed by atoms with van der Waals surface area (Å²) in [4.78, 5) is 0. The molecule has 3 heteroatoms. The molecular weight excluding hydrogens is 227 g/mol. The molecule has 0 unspecified atom stereocenters. The third kappa shape index (κ3) is 1.83. The summed E-state index contributed by atoms with van der Waals surface area (Å²) in [5.74, 6) is 5.15. The maximum atomic E-state index is 5.15. The van der Waals surface area contributed by atoms with Gasteiger partial charge in [0.05, 0.1) is 0 Å². The smallest absolute Gasteiger partial charge is 0.0485 e. The molecule has 0 saturated carbocycles. The van der Waals surface area contributed by atoms with Gasteiger partial charge < -0.3 is 5.43 Å². The Kier molecular flexibility index (Phi) is 2.29. The number of benzene rings is 1. The Hall–Kier alpha value is -0.290. The quantitative estimate of drug-likeness (QED) is 0.439. The molecule has 0 atom stereocenters. The molecular formula is C6H7IN2. The first-order chi connectivity index (χ1) is 4.33. The number of rotatable bonds is 1. The first-order valence-corrected chi connectivity index (χ1v) is 3.63. The van der Waals surface area contributed by atoms with E-state index in [1.807, 2.05) is 24.3 Å². The number of hydrogen-bond donors (Lipinski definition) is 2. The Bertz CT molecular complexity index is 183. The van der Waals surface area contributed by atoms with Crippen molar-refractivity contribution in [3.8, 4) is 0 Å². The average molecular weight is 234 g/mol. The molecule has 0 fully saturated rings. The predicted octanol–water partition coefficient (Wildman–Crippen LogP) is 1.58. The molecule has 1 rings (SSSR count). The minimum atomic E-state index is 0.940. The number of nitrogens with one attached hydrogen (secondary N) is 1. The van der Waals surface area contributed by atoms with E-state index in [-0.39, 0.29) is 0 Å². The highest BCUT2D eigenvalue weighted by Gasteiger charge is 1.85. The van der Waals surface area contributed by atoms with E-state index < -0.39 is 0 Å². The van der Waals surface area contributed by atoms with Crippen LogP contribution in [0.2, 0.25) is 0 Å². The van der Waals surface area contributed by atoms with Gasteiger partial charge in [-0.05, 0) is 46.9 Å². The van der Waals surface area contributed by atoms with Crippen LogP contribution in [0, 0.1) is 3.57 Å². The van der Waals surface area contributed by atoms with Gasteiger partial charge in [-0.25, -0.2) is 0 Å². The van der Waals surface area contributed by atoms with Gasteiger partial charge in [-0.2, -0.15) is 0 Å². The first-order valence-electron chi connectivity index (χ1n) is 2.55. The van der Waals surface area contributed by atoms with Crippen molar-refractivity contribution in [1.82, 2.24) is 0 Å². The minimum absolute atomic E-state index is 0.940. The van der Waals surface area contributed by atoms with Crippen LogP contribution in [0.15, 0.2) is 24.3 Å². The summed E-state index contributed by atoms with van der Waals surface area (Å²) in [6, 6.07) is 7.86. The van der Waals surface area contributed by atoms with Crippen molar-refractivity contribution in [2.75, 3.05) is 5.43 Å². The highest BCUT2D eigenvalue weighted by molar-refractivity contribution is 14.1. The topological polar surface area (TPSA) is 38.0 Å². The highest BCUT2D eigenvalue weighted by atomic mass is 127. The molecule has 0 aliphatic heterocycles. The van der Waals surface area contributed by atoms with Crippen LogP contribution >= 0.6 is 22.6 Å². The minimum Gasteiger partial charge on any atom is -0.324 e. The Morgan fingerprint density at radius 3 is 2.22 bits per heavy atom. The van der Waals surface area contributed by atoms with Crippen LogP contribution in [0.5, 0.6) is 0 Å². The fraction of sp³-hybridized carbons (Fsp3) is 0. The molecule has 0 radical (unpaired) electrons. The number of anilines is 1. The molecule has 0 saturated heterocycles. The second kappa shape index (κ2) is 3.03. The number of halogens is 1. The summed E-state index contributed by atoms with van der Waals surface area (Å²) in [6.07, 6.45) is 0. The number of hydrogen-bond acceptors (Lipinski definition) is 2. The van der Waals surface area contributed by atoms with Crippen molar-refractivity contribution in [2.24, 2.45) is 5.84 Å². The summed E-state index contributed by atoms with van der Waals surface area (Å²) in [5, 5.41) is 0. The maximum absolute atomic E-state index is 5.15. The fourth-order valence-electron chi connectivity index (χ4n) is 0.546. The normalized spacial score (nSPS) is 9.11. The van der Waals surface area contributed by atoms with Gasteiger partial charge in [-0.1, -0.05) is 0 Å². The fourth-order valence-corrected chi connectivity index (χ4v) is 0.906. The summed E-state index contributed by atoms with van der Waals surface area (Å²) in [5.41, 5.74) is 3.49. The molecule has 0 spiro atoms. The van der Waals surface area contributed by atoms with Crippen LogP contribution in [-0.2, 0) is 0 Å². The van der Waals surface area contributed by atoms with Crippen molar-refractivity contribution in [3.05, 3.63) is 27.8 Å². The average Bonchev–Trinajstić information content (AvgIpc) is 1.90. The number of hydrazine groups is 1. The van der Waals surface area contributed by atoms with Gasteiger partial charge in [0.25, 0.3) is 0 Å². The SMILES string of the molecule is NNc1ccc(I)cc1. The van der Waals surface area contributed by atoms with Crippen molar-refractivity contribution in [3.63, 3.8) is 0 Å². The zero-order chi connectivity index (χ0) is 6.69. The molecule has 1 aromatic rings. The molecule has 0 aromatic heterocycles.